The predicted molar refractivity (Wildman–Crippen MR) is 84.1 cm³/mol. The smallest absolute Gasteiger partial charge is 0.169 e. The largest absolute Gasteiger partial charge is 0.363 e. The summed E-state index contributed by atoms with van der Waals surface area (Å²) in [6, 6.07) is 7.00. The van der Waals surface area contributed by atoms with Gasteiger partial charge in [-0.1, -0.05) is 25.1 Å². The highest BCUT2D eigenvalue weighted by Crippen LogP contribution is 2.12. The maximum atomic E-state index is 13.6. The zero-order valence-electron chi connectivity index (χ0n) is 11.9. The highest BCUT2D eigenvalue weighted by molar-refractivity contribution is 7.80. The first-order valence-electron chi connectivity index (χ1n) is 7.19. The fourth-order valence-corrected chi connectivity index (χ4v) is 2.60. The fourth-order valence-electron chi connectivity index (χ4n) is 2.32. The molecule has 2 rings (SSSR count). The number of hydrogen-bond acceptors (Lipinski definition) is 2. The minimum absolute atomic E-state index is 0.116. The maximum absolute atomic E-state index is 13.6. The van der Waals surface area contributed by atoms with E-state index < -0.39 is 0 Å². The van der Waals surface area contributed by atoms with Gasteiger partial charge in [-0.2, -0.15) is 0 Å². The molecule has 1 N–H and O–H groups in total. The van der Waals surface area contributed by atoms with Crippen LogP contribution in [0.4, 0.5) is 4.39 Å². The number of thiocarbonyl (C=S) groups is 1. The molecule has 0 aliphatic carbocycles. The third kappa shape index (κ3) is 4.15. The molecule has 0 saturated carbocycles. The van der Waals surface area contributed by atoms with Gasteiger partial charge in [-0.15, -0.1) is 0 Å². The van der Waals surface area contributed by atoms with Crippen LogP contribution in [0.25, 0.3) is 0 Å². The van der Waals surface area contributed by atoms with Gasteiger partial charge >= 0.3 is 0 Å². The molecular weight excluding hydrogens is 273 g/mol. The van der Waals surface area contributed by atoms with Crippen molar-refractivity contribution in [3.05, 3.63) is 35.6 Å². The molecule has 1 aliphatic rings. The Kier molecular flexibility index (Phi) is 5.73. The van der Waals surface area contributed by atoms with E-state index >= 15 is 0 Å². The highest BCUT2D eigenvalue weighted by Gasteiger charge is 2.19. The van der Waals surface area contributed by atoms with Crippen LogP contribution in [-0.2, 0) is 6.54 Å². The van der Waals surface area contributed by atoms with Gasteiger partial charge in [-0.25, -0.2) is 4.39 Å². The van der Waals surface area contributed by atoms with Crippen LogP contribution in [0, 0.1) is 5.82 Å². The molecule has 1 heterocycles. The van der Waals surface area contributed by atoms with Crippen molar-refractivity contribution >= 4 is 17.3 Å². The van der Waals surface area contributed by atoms with E-state index in [9.17, 15) is 4.39 Å². The normalized spacial score (nSPS) is 16.2. The molecule has 0 radical (unpaired) electrons. The average Bonchev–Trinajstić information content (AvgIpc) is 2.48. The number of rotatable bonds is 4. The lowest BCUT2D eigenvalue weighted by molar-refractivity contribution is 0.173. The summed E-state index contributed by atoms with van der Waals surface area (Å²) < 4.78 is 13.6. The molecule has 1 aliphatic heterocycles. The maximum Gasteiger partial charge on any atom is 0.169 e. The third-order valence-corrected chi connectivity index (χ3v) is 3.94. The van der Waals surface area contributed by atoms with Gasteiger partial charge < -0.3 is 10.2 Å². The predicted octanol–water partition coefficient (Wildman–Crippen LogP) is 2.23. The average molecular weight is 295 g/mol. The van der Waals surface area contributed by atoms with Crippen molar-refractivity contribution in [2.24, 2.45) is 0 Å². The van der Waals surface area contributed by atoms with Gasteiger partial charge in [0.15, 0.2) is 5.11 Å². The quantitative estimate of drug-likeness (QED) is 0.858. The van der Waals surface area contributed by atoms with E-state index in [-0.39, 0.29) is 5.82 Å². The van der Waals surface area contributed by atoms with Gasteiger partial charge in [0.05, 0.1) is 0 Å². The summed E-state index contributed by atoms with van der Waals surface area (Å²) in [5.74, 6) is -0.116. The van der Waals surface area contributed by atoms with Crippen LogP contribution >= 0.6 is 12.2 Å². The number of hydrogen-bond donors (Lipinski definition) is 1. The summed E-state index contributed by atoms with van der Waals surface area (Å²) in [6.45, 7) is 7.38. The fraction of sp³-hybridized carbons (Fsp3) is 0.533. The van der Waals surface area contributed by atoms with Crippen molar-refractivity contribution in [3.63, 3.8) is 0 Å². The first kappa shape index (κ1) is 15.2. The standard InChI is InChI=1S/C15H22FN3S/c1-2-7-17-15(20)19-10-8-18(9-11-19)12-13-5-3-4-6-14(13)16/h3-6H,2,7-12H2,1H3,(H,17,20). The lowest BCUT2D eigenvalue weighted by Gasteiger charge is -2.36. The molecule has 0 atom stereocenters. The molecule has 0 bridgehead atoms. The van der Waals surface area contributed by atoms with E-state index in [0.29, 0.717) is 6.54 Å². The summed E-state index contributed by atoms with van der Waals surface area (Å²) in [5.41, 5.74) is 0.771. The van der Waals surface area contributed by atoms with Crippen LogP contribution in [0.1, 0.15) is 18.9 Å². The first-order valence-corrected chi connectivity index (χ1v) is 7.60. The van der Waals surface area contributed by atoms with Crippen molar-refractivity contribution in [3.8, 4) is 0 Å². The van der Waals surface area contributed by atoms with Crippen LogP contribution in [0.15, 0.2) is 24.3 Å². The molecule has 3 nitrogen and oxygen atoms in total. The molecule has 1 fully saturated rings. The third-order valence-electron chi connectivity index (χ3n) is 3.54. The lowest BCUT2D eigenvalue weighted by atomic mass is 10.2. The molecule has 110 valence electrons. The number of halogens is 1. The summed E-state index contributed by atoms with van der Waals surface area (Å²) in [5, 5.41) is 4.10. The Morgan fingerprint density at radius 2 is 1.95 bits per heavy atom. The van der Waals surface area contributed by atoms with Crippen molar-refractivity contribution in [2.75, 3.05) is 32.7 Å². The molecule has 1 saturated heterocycles. The minimum atomic E-state index is -0.116. The second-order valence-electron chi connectivity index (χ2n) is 5.09. The molecule has 0 spiro atoms. The Hall–Kier alpha value is -1.20. The molecule has 0 unspecified atom stereocenters. The topological polar surface area (TPSA) is 18.5 Å². The van der Waals surface area contributed by atoms with Crippen LogP contribution in [0.5, 0.6) is 0 Å². The molecule has 0 amide bonds. The van der Waals surface area contributed by atoms with E-state index in [1.54, 1.807) is 6.07 Å². The molecule has 1 aromatic rings. The van der Waals surface area contributed by atoms with Gasteiger partial charge in [0, 0.05) is 44.8 Å². The Morgan fingerprint density at radius 1 is 1.25 bits per heavy atom. The monoisotopic (exact) mass is 295 g/mol. The zero-order valence-corrected chi connectivity index (χ0v) is 12.8. The van der Waals surface area contributed by atoms with Crippen molar-refractivity contribution in [1.29, 1.82) is 0 Å². The second kappa shape index (κ2) is 7.55. The van der Waals surface area contributed by atoms with Crippen molar-refractivity contribution < 1.29 is 4.39 Å². The number of nitrogens with zero attached hydrogens (tertiary/aromatic N) is 2. The van der Waals surface area contributed by atoms with Gasteiger partial charge in [-0.05, 0) is 24.7 Å². The number of piperazine rings is 1. The minimum Gasteiger partial charge on any atom is -0.363 e. The molecule has 5 heteroatoms. The molecule has 0 aromatic heterocycles. The van der Waals surface area contributed by atoms with Crippen molar-refractivity contribution in [2.45, 2.75) is 19.9 Å². The Labute approximate surface area is 125 Å². The molecule has 20 heavy (non-hydrogen) atoms. The van der Waals surface area contributed by atoms with Gasteiger partial charge in [-0.3, -0.25) is 4.90 Å². The molecule has 1 aromatic carbocycles. The Balaban J connectivity index is 1.80. The van der Waals surface area contributed by atoms with E-state index in [0.717, 1.165) is 49.8 Å². The number of nitrogens with one attached hydrogen (secondary N) is 1. The number of benzene rings is 1. The van der Waals surface area contributed by atoms with Gasteiger partial charge in [0.2, 0.25) is 0 Å². The van der Waals surface area contributed by atoms with Crippen LogP contribution in [-0.4, -0.2) is 47.6 Å². The van der Waals surface area contributed by atoms with Gasteiger partial charge in [0.25, 0.3) is 0 Å². The van der Waals surface area contributed by atoms with E-state index in [1.807, 2.05) is 12.1 Å². The second-order valence-corrected chi connectivity index (χ2v) is 5.47. The zero-order chi connectivity index (χ0) is 14.4. The summed E-state index contributed by atoms with van der Waals surface area (Å²) in [6.07, 6.45) is 1.08. The Morgan fingerprint density at radius 3 is 2.60 bits per heavy atom. The van der Waals surface area contributed by atoms with E-state index in [1.165, 1.54) is 6.07 Å². The van der Waals surface area contributed by atoms with Crippen LogP contribution < -0.4 is 5.32 Å². The summed E-state index contributed by atoms with van der Waals surface area (Å²) in [4.78, 5) is 4.47. The van der Waals surface area contributed by atoms with Crippen molar-refractivity contribution in [1.82, 2.24) is 15.1 Å². The first-order chi connectivity index (χ1) is 9.70. The van der Waals surface area contributed by atoms with Crippen LogP contribution in [0.3, 0.4) is 0 Å². The summed E-state index contributed by atoms with van der Waals surface area (Å²) >= 11 is 5.36. The lowest BCUT2D eigenvalue weighted by Crippen LogP contribution is -2.51. The molecular formula is C15H22FN3S. The van der Waals surface area contributed by atoms with E-state index in [4.69, 9.17) is 12.2 Å². The SMILES string of the molecule is CCCNC(=S)N1CCN(Cc2ccccc2F)CC1. The van der Waals surface area contributed by atoms with Gasteiger partial charge in [0.1, 0.15) is 5.82 Å². The summed E-state index contributed by atoms with van der Waals surface area (Å²) in [7, 11) is 0. The highest BCUT2D eigenvalue weighted by atomic mass is 32.1. The Bertz CT molecular complexity index is 444. The van der Waals surface area contributed by atoms with E-state index in [2.05, 4.69) is 22.0 Å². The van der Waals surface area contributed by atoms with Crippen LogP contribution in [0.2, 0.25) is 0 Å².